The Morgan fingerprint density at radius 1 is 0.920 bits per heavy atom. The molecule has 0 bridgehead atoms. The SMILES string of the molecule is CCN(Cc1ccccc1)c1nc(C)cc(Nc2cccc(C)c2)n1. The number of nitrogens with one attached hydrogen (secondary N) is 1. The number of nitrogens with zero attached hydrogens (tertiary/aromatic N) is 3. The quantitative estimate of drug-likeness (QED) is 0.699. The predicted octanol–water partition coefficient (Wildman–Crippen LogP) is 4.86. The summed E-state index contributed by atoms with van der Waals surface area (Å²) in [7, 11) is 0. The second kappa shape index (κ2) is 7.79. The van der Waals surface area contributed by atoms with Gasteiger partial charge in [0.05, 0.1) is 0 Å². The second-order valence-corrected chi connectivity index (χ2v) is 6.19. The highest BCUT2D eigenvalue weighted by Gasteiger charge is 2.11. The van der Waals surface area contributed by atoms with Crippen molar-refractivity contribution in [2.24, 2.45) is 0 Å². The van der Waals surface area contributed by atoms with Gasteiger partial charge in [-0.15, -0.1) is 0 Å². The largest absolute Gasteiger partial charge is 0.340 e. The lowest BCUT2D eigenvalue weighted by molar-refractivity contribution is 0.788. The van der Waals surface area contributed by atoms with Gasteiger partial charge in [0.2, 0.25) is 5.95 Å². The molecule has 0 aliphatic rings. The third-order valence-corrected chi connectivity index (χ3v) is 4.01. The number of benzene rings is 2. The topological polar surface area (TPSA) is 41.1 Å². The number of aromatic nitrogens is 2. The average molecular weight is 332 g/mol. The molecule has 4 nitrogen and oxygen atoms in total. The van der Waals surface area contributed by atoms with E-state index in [0.717, 1.165) is 36.2 Å². The summed E-state index contributed by atoms with van der Waals surface area (Å²) in [6, 6.07) is 20.7. The van der Waals surface area contributed by atoms with Crippen LogP contribution in [0.5, 0.6) is 0 Å². The Balaban J connectivity index is 1.84. The van der Waals surface area contributed by atoms with Gasteiger partial charge in [-0.1, -0.05) is 42.5 Å². The van der Waals surface area contributed by atoms with E-state index in [9.17, 15) is 0 Å². The first-order chi connectivity index (χ1) is 12.1. The molecule has 3 rings (SSSR count). The van der Waals surface area contributed by atoms with Gasteiger partial charge in [-0.05, 0) is 44.0 Å². The van der Waals surface area contributed by atoms with Gasteiger partial charge >= 0.3 is 0 Å². The number of aryl methyl sites for hydroxylation is 2. The smallest absolute Gasteiger partial charge is 0.227 e. The van der Waals surface area contributed by atoms with E-state index in [1.54, 1.807) is 0 Å². The van der Waals surface area contributed by atoms with Crippen LogP contribution in [0.3, 0.4) is 0 Å². The summed E-state index contributed by atoms with van der Waals surface area (Å²) in [6.07, 6.45) is 0. The Morgan fingerprint density at radius 2 is 1.72 bits per heavy atom. The molecule has 2 aromatic carbocycles. The molecule has 0 saturated heterocycles. The van der Waals surface area contributed by atoms with Gasteiger partial charge in [0.15, 0.2) is 0 Å². The Morgan fingerprint density at radius 3 is 2.44 bits per heavy atom. The van der Waals surface area contributed by atoms with Crippen LogP contribution in [-0.4, -0.2) is 16.5 Å². The summed E-state index contributed by atoms with van der Waals surface area (Å²) in [5, 5.41) is 3.39. The van der Waals surface area contributed by atoms with Crippen LogP contribution in [0.25, 0.3) is 0 Å². The fraction of sp³-hybridized carbons (Fsp3) is 0.238. The monoisotopic (exact) mass is 332 g/mol. The maximum Gasteiger partial charge on any atom is 0.227 e. The first kappa shape index (κ1) is 17.0. The number of hydrogen-bond donors (Lipinski definition) is 1. The molecule has 0 unspecified atom stereocenters. The first-order valence-electron chi connectivity index (χ1n) is 8.62. The molecule has 0 radical (unpaired) electrons. The highest BCUT2D eigenvalue weighted by atomic mass is 15.3. The standard InChI is InChI=1S/C21H24N4/c1-4-25(15-18-10-6-5-7-11-18)21-22-17(3)14-20(24-21)23-19-12-8-9-16(2)13-19/h5-14H,4,15H2,1-3H3,(H,22,23,24). The molecule has 4 heteroatoms. The van der Waals surface area contributed by atoms with Crippen LogP contribution in [0, 0.1) is 13.8 Å². The van der Waals surface area contributed by atoms with Crippen LogP contribution in [-0.2, 0) is 6.54 Å². The van der Waals surface area contributed by atoms with Gasteiger partial charge < -0.3 is 10.2 Å². The van der Waals surface area contributed by atoms with Crippen molar-refractivity contribution in [3.05, 3.63) is 77.5 Å². The van der Waals surface area contributed by atoms with Crippen molar-refractivity contribution in [1.82, 2.24) is 9.97 Å². The Labute approximate surface area is 149 Å². The average Bonchev–Trinajstić information content (AvgIpc) is 2.60. The second-order valence-electron chi connectivity index (χ2n) is 6.19. The molecule has 1 heterocycles. The first-order valence-corrected chi connectivity index (χ1v) is 8.62. The molecule has 0 atom stereocenters. The van der Waals surface area contributed by atoms with E-state index in [4.69, 9.17) is 4.98 Å². The van der Waals surface area contributed by atoms with Gasteiger partial charge in [0.1, 0.15) is 5.82 Å². The molecule has 0 saturated carbocycles. The highest BCUT2D eigenvalue weighted by molar-refractivity contribution is 5.58. The fourth-order valence-corrected chi connectivity index (χ4v) is 2.76. The molecular formula is C21H24N4. The van der Waals surface area contributed by atoms with Crippen LogP contribution >= 0.6 is 0 Å². The fourth-order valence-electron chi connectivity index (χ4n) is 2.76. The Kier molecular flexibility index (Phi) is 5.29. The Hall–Kier alpha value is -2.88. The normalized spacial score (nSPS) is 10.5. The zero-order valence-electron chi connectivity index (χ0n) is 15.0. The summed E-state index contributed by atoms with van der Waals surface area (Å²) in [5.41, 5.74) is 4.46. The summed E-state index contributed by atoms with van der Waals surface area (Å²) in [4.78, 5) is 11.5. The molecule has 3 aromatic rings. The molecular weight excluding hydrogens is 308 g/mol. The van der Waals surface area contributed by atoms with Crippen LogP contribution in [0.4, 0.5) is 17.5 Å². The van der Waals surface area contributed by atoms with Gasteiger partial charge in [0, 0.05) is 30.5 Å². The molecule has 0 spiro atoms. The van der Waals surface area contributed by atoms with E-state index in [1.807, 2.05) is 31.2 Å². The molecule has 128 valence electrons. The van der Waals surface area contributed by atoms with Crippen molar-refractivity contribution < 1.29 is 0 Å². The minimum absolute atomic E-state index is 0.751. The Bertz CT molecular complexity index is 830. The molecule has 25 heavy (non-hydrogen) atoms. The van der Waals surface area contributed by atoms with Crippen molar-refractivity contribution in [1.29, 1.82) is 0 Å². The van der Waals surface area contributed by atoms with Crippen molar-refractivity contribution in [3.63, 3.8) is 0 Å². The molecule has 0 amide bonds. The van der Waals surface area contributed by atoms with Crippen LogP contribution in [0.2, 0.25) is 0 Å². The lowest BCUT2D eigenvalue weighted by atomic mass is 10.2. The maximum absolute atomic E-state index is 4.73. The van der Waals surface area contributed by atoms with E-state index in [-0.39, 0.29) is 0 Å². The number of hydrogen-bond acceptors (Lipinski definition) is 4. The maximum atomic E-state index is 4.73. The molecule has 1 aromatic heterocycles. The van der Waals surface area contributed by atoms with Crippen molar-refractivity contribution >= 4 is 17.5 Å². The highest BCUT2D eigenvalue weighted by Crippen LogP contribution is 2.20. The third kappa shape index (κ3) is 4.57. The van der Waals surface area contributed by atoms with E-state index < -0.39 is 0 Å². The van der Waals surface area contributed by atoms with E-state index in [2.05, 4.69) is 65.4 Å². The number of anilines is 3. The van der Waals surface area contributed by atoms with Crippen molar-refractivity contribution in [2.45, 2.75) is 27.3 Å². The summed E-state index contributed by atoms with van der Waals surface area (Å²) >= 11 is 0. The van der Waals surface area contributed by atoms with Crippen LogP contribution in [0.1, 0.15) is 23.7 Å². The molecule has 1 N–H and O–H groups in total. The van der Waals surface area contributed by atoms with Crippen molar-refractivity contribution in [2.75, 3.05) is 16.8 Å². The van der Waals surface area contributed by atoms with E-state index >= 15 is 0 Å². The van der Waals surface area contributed by atoms with E-state index in [1.165, 1.54) is 11.1 Å². The molecule has 0 aliphatic carbocycles. The summed E-state index contributed by atoms with van der Waals surface area (Å²) < 4.78 is 0. The zero-order valence-corrected chi connectivity index (χ0v) is 15.0. The van der Waals surface area contributed by atoms with Crippen LogP contribution in [0.15, 0.2) is 60.7 Å². The lowest BCUT2D eigenvalue weighted by Gasteiger charge is -2.22. The van der Waals surface area contributed by atoms with Crippen LogP contribution < -0.4 is 10.2 Å². The zero-order chi connectivity index (χ0) is 17.6. The third-order valence-electron chi connectivity index (χ3n) is 4.01. The minimum Gasteiger partial charge on any atom is -0.340 e. The van der Waals surface area contributed by atoms with Gasteiger partial charge in [-0.2, -0.15) is 4.98 Å². The summed E-state index contributed by atoms with van der Waals surface area (Å²) in [5.74, 6) is 1.57. The minimum atomic E-state index is 0.751. The van der Waals surface area contributed by atoms with Gasteiger partial charge in [0.25, 0.3) is 0 Å². The van der Waals surface area contributed by atoms with Crippen molar-refractivity contribution in [3.8, 4) is 0 Å². The molecule has 0 aliphatic heterocycles. The number of rotatable bonds is 6. The lowest BCUT2D eigenvalue weighted by Crippen LogP contribution is -2.24. The van der Waals surface area contributed by atoms with Gasteiger partial charge in [-0.25, -0.2) is 4.98 Å². The van der Waals surface area contributed by atoms with E-state index in [0.29, 0.717) is 0 Å². The summed E-state index contributed by atoms with van der Waals surface area (Å²) in [6.45, 7) is 7.86. The molecule has 0 fully saturated rings. The predicted molar refractivity (Wildman–Crippen MR) is 104 cm³/mol. The van der Waals surface area contributed by atoms with Gasteiger partial charge in [-0.3, -0.25) is 0 Å².